The standard InChI is InChI=1S/C23H30FNO2.ClH/c1-5-27-22(26)13-21(25)20-12-19(18-9-7-6-8-14(18)2)15(3)16(4)23(20,24)17-10-11-17;/h6-9,12,17,20-21H,5,10-11,13,25H2,1-4H3;1H. The molecule has 2 N–H and O–H groups in total. The third-order valence-electron chi connectivity index (χ3n) is 6.15. The molecule has 2 aliphatic carbocycles. The molecule has 0 amide bonds. The molecule has 5 heteroatoms. The zero-order valence-corrected chi connectivity index (χ0v) is 17.9. The Balaban J connectivity index is 0.00000280. The number of benzene rings is 1. The van der Waals surface area contributed by atoms with Crippen LogP contribution in [-0.4, -0.2) is 24.3 Å². The Morgan fingerprint density at radius 1 is 1.29 bits per heavy atom. The van der Waals surface area contributed by atoms with Gasteiger partial charge in [-0.05, 0) is 74.3 Å². The Labute approximate surface area is 173 Å². The van der Waals surface area contributed by atoms with Gasteiger partial charge in [0, 0.05) is 12.0 Å². The molecule has 0 bridgehead atoms. The molecule has 1 saturated carbocycles. The predicted molar refractivity (Wildman–Crippen MR) is 114 cm³/mol. The van der Waals surface area contributed by atoms with Crippen LogP contribution in [0.25, 0.3) is 5.57 Å². The fraction of sp³-hybridized carbons (Fsp3) is 0.522. The van der Waals surface area contributed by atoms with Gasteiger partial charge in [-0.25, -0.2) is 4.39 Å². The lowest BCUT2D eigenvalue weighted by Crippen LogP contribution is -2.49. The highest BCUT2D eigenvalue weighted by Crippen LogP contribution is 2.56. The molecule has 3 unspecified atom stereocenters. The molecular weight excluding hydrogens is 377 g/mol. The van der Waals surface area contributed by atoms with Crippen molar-refractivity contribution in [1.29, 1.82) is 0 Å². The van der Waals surface area contributed by atoms with Crippen molar-refractivity contribution in [1.82, 2.24) is 0 Å². The Morgan fingerprint density at radius 3 is 2.50 bits per heavy atom. The van der Waals surface area contributed by atoms with E-state index >= 15 is 4.39 Å². The number of carbonyl (C=O) groups is 1. The Morgan fingerprint density at radius 2 is 1.93 bits per heavy atom. The molecule has 3 atom stereocenters. The largest absolute Gasteiger partial charge is 0.466 e. The van der Waals surface area contributed by atoms with Crippen LogP contribution in [0.2, 0.25) is 0 Å². The van der Waals surface area contributed by atoms with Gasteiger partial charge in [-0.1, -0.05) is 30.3 Å². The van der Waals surface area contributed by atoms with E-state index in [-0.39, 0.29) is 30.7 Å². The van der Waals surface area contributed by atoms with E-state index in [2.05, 4.69) is 19.1 Å². The second-order valence-corrected chi connectivity index (χ2v) is 7.89. The lowest BCUT2D eigenvalue weighted by molar-refractivity contribution is -0.143. The van der Waals surface area contributed by atoms with Crippen LogP contribution in [0, 0.1) is 18.8 Å². The van der Waals surface area contributed by atoms with E-state index in [4.69, 9.17) is 10.5 Å². The molecule has 0 radical (unpaired) electrons. The van der Waals surface area contributed by atoms with Crippen molar-refractivity contribution in [2.75, 3.05) is 6.61 Å². The molecule has 1 fully saturated rings. The summed E-state index contributed by atoms with van der Waals surface area (Å²) < 4.78 is 21.5. The van der Waals surface area contributed by atoms with E-state index in [0.29, 0.717) is 6.61 Å². The van der Waals surface area contributed by atoms with Crippen LogP contribution < -0.4 is 5.73 Å². The van der Waals surface area contributed by atoms with Gasteiger partial charge < -0.3 is 10.5 Å². The minimum absolute atomic E-state index is 0. The number of halogens is 2. The molecule has 1 aromatic rings. The molecule has 28 heavy (non-hydrogen) atoms. The van der Waals surface area contributed by atoms with E-state index in [1.807, 2.05) is 32.1 Å². The van der Waals surface area contributed by atoms with Crippen molar-refractivity contribution in [3.05, 3.63) is 52.6 Å². The van der Waals surface area contributed by atoms with Crippen LogP contribution in [0.4, 0.5) is 4.39 Å². The average molecular weight is 408 g/mol. The fourth-order valence-electron chi connectivity index (χ4n) is 4.39. The first-order chi connectivity index (χ1) is 12.8. The molecule has 3 nitrogen and oxygen atoms in total. The summed E-state index contributed by atoms with van der Waals surface area (Å²) in [7, 11) is 0. The zero-order chi connectivity index (χ0) is 19.8. The lowest BCUT2D eigenvalue weighted by atomic mass is 9.67. The number of rotatable bonds is 6. The van der Waals surface area contributed by atoms with Gasteiger partial charge >= 0.3 is 5.97 Å². The molecule has 1 aromatic carbocycles. The molecule has 0 heterocycles. The number of nitrogens with two attached hydrogens (primary N) is 1. The highest BCUT2D eigenvalue weighted by molar-refractivity contribution is 5.85. The monoisotopic (exact) mass is 407 g/mol. The normalized spacial score (nSPS) is 25.6. The van der Waals surface area contributed by atoms with Crippen molar-refractivity contribution in [3.63, 3.8) is 0 Å². The first-order valence-corrected chi connectivity index (χ1v) is 9.86. The number of allylic oxidation sites excluding steroid dienone is 3. The number of ether oxygens (including phenoxy) is 1. The van der Waals surface area contributed by atoms with Gasteiger partial charge in [0.15, 0.2) is 0 Å². The zero-order valence-electron chi connectivity index (χ0n) is 17.1. The molecule has 2 aliphatic rings. The number of alkyl halides is 1. The number of esters is 1. The number of hydrogen-bond acceptors (Lipinski definition) is 3. The second-order valence-electron chi connectivity index (χ2n) is 7.89. The van der Waals surface area contributed by atoms with Crippen LogP contribution in [-0.2, 0) is 9.53 Å². The average Bonchev–Trinajstić information content (AvgIpc) is 3.46. The van der Waals surface area contributed by atoms with Gasteiger partial charge in [0.25, 0.3) is 0 Å². The summed E-state index contributed by atoms with van der Waals surface area (Å²) >= 11 is 0. The van der Waals surface area contributed by atoms with Crippen LogP contribution in [0.3, 0.4) is 0 Å². The topological polar surface area (TPSA) is 52.3 Å². The van der Waals surface area contributed by atoms with Crippen molar-refractivity contribution < 1.29 is 13.9 Å². The van der Waals surface area contributed by atoms with E-state index in [1.165, 1.54) is 0 Å². The number of aryl methyl sites for hydroxylation is 1. The third kappa shape index (κ3) is 4.04. The second kappa shape index (κ2) is 8.79. The number of hydrogen-bond donors (Lipinski definition) is 1. The summed E-state index contributed by atoms with van der Waals surface area (Å²) in [6.07, 6.45) is 3.75. The lowest BCUT2D eigenvalue weighted by Gasteiger charge is -2.41. The summed E-state index contributed by atoms with van der Waals surface area (Å²) in [6, 6.07) is 7.51. The quantitative estimate of drug-likeness (QED) is 0.662. The minimum atomic E-state index is -1.48. The van der Waals surface area contributed by atoms with Gasteiger partial charge in [0.1, 0.15) is 5.67 Å². The molecule has 154 valence electrons. The molecule has 0 aromatic heterocycles. The van der Waals surface area contributed by atoms with Crippen LogP contribution in [0.15, 0.2) is 41.5 Å². The molecular formula is C23H31ClFNO2. The SMILES string of the molecule is CCOC(=O)CC(N)C1C=C(c2ccccc2C)C(C)=C(C)C1(F)C1CC1.Cl. The van der Waals surface area contributed by atoms with Crippen LogP contribution in [0.1, 0.15) is 51.2 Å². The van der Waals surface area contributed by atoms with Gasteiger partial charge in [-0.3, -0.25) is 4.79 Å². The van der Waals surface area contributed by atoms with E-state index in [9.17, 15) is 4.79 Å². The third-order valence-corrected chi connectivity index (χ3v) is 6.15. The maximum atomic E-state index is 16.4. The summed E-state index contributed by atoms with van der Waals surface area (Å²) in [6.45, 7) is 8.02. The van der Waals surface area contributed by atoms with Crippen molar-refractivity contribution in [2.45, 2.75) is 58.7 Å². The van der Waals surface area contributed by atoms with Crippen molar-refractivity contribution in [3.8, 4) is 0 Å². The molecule has 0 spiro atoms. The number of carbonyl (C=O) groups excluding carboxylic acids is 1. The van der Waals surface area contributed by atoms with Gasteiger partial charge in [0.05, 0.1) is 13.0 Å². The van der Waals surface area contributed by atoms with Crippen molar-refractivity contribution >= 4 is 23.9 Å². The highest BCUT2D eigenvalue weighted by Gasteiger charge is 2.55. The summed E-state index contributed by atoms with van der Waals surface area (Å²) in [4.78, 5) is 12.0. The summed E-state index contributed by atoms with van der Waals surface area (Å²) in [5.74, 6) is -0.911. The highest BCUT2D eigenvalue weighted by atomic mass is 35.5. The Kier molecular flexibility index (Phi) is 7.11. The smallest absolute Gasteiger partial charge is 0.307 e. The minimum Gasteiger partial charge on any atom is -0.466 e. The summed E-state index contributed by atoms with van der Waals surface area (Å²) in [5.41, 5.74) is 9.93. The molecule has 3 rings (SSSR count). The Bertz CT molecular complexity index is 800. The van der Waals surface area contributed by atoms with Gasteiger partial charge in [0.2, 0.25) is 0 Å². The summed E-state index contributed by atoms with van der Waals surface area (Å²) in [5, 5.41) is 0. The van der Waals surface area contributed by atoms with Crippen molar-refractivity contribution in [2.24, 2.45) is 17.6 Å². The first-order valence-electron chi connectivity index (χ1n) is 9.86. The van der Waals surface area contributed by atoms with E-state index in [0.717, 1.165) is 40.7 Å². The van der Waals surface area contributed by atoms with E-state index in [1.54, 1.807) is 6.92 Å². The molecule has 0 aliphatic heterocycles. The molecule has 0 saturated heterocycles. The predicted octanol–water partition coefficient (Wildman–Crippen LogP) is 5.17. The maximum Gasteiger partial charge on any atom is 0.307 e. The Hall–Kier alpha value is -1.65. The first kappa shape index (κ1) is 22.6. The fourth-order valence-corrected chi connectivity index (χ4v) is 4.39. The van der Waals surface area contributed by atoms with Gasteiger partial charge in [-0.2, -0.15) is 0 Å². The van der Waals surface area contributed by atoms with E-state index < -0.39 is 17.6 Å². The maximum absolute atomic E-state index is 16.4. The van der Waals surface area contributed by atoms with Gasteiger partial charge in [-0.15, -0.1) is 12.4 Å². The van der Waals surface area contributed by atoms with Crippen LogP contribution in [0.5, 0.6) is 0 Å². The van der Waals surface area contributed by atoms with Crippen LogP contribution >= 0.6 is 12.4 Å².